The van der Waals surface area contributed by atoms with Gasteiger partial charge in [-0.3, -0.25) is 9.10 Å². The van der Waals surface area contributed by atoms with E-state index in [1.165, 1.54) is 28.6 Å². The Labute approximate surface area is 186 Å². The van der Waals surface area contributed by atoms with Crippen LogP contribution in [0.3, 0.4) is 0 Å². The lowest BCUT2D eigenvalue weighted by Gasteiger charge is -2.23. The summed E-state index contributed by atoms with van der Waals surface area (Å²) < 4.78 is 33.0. The van der Waals surface area contributed by atoms with Crippen molar-refractivity contribution in [2.45, 2.75) is 4.90 Å². The molecule has 8 heteroatoms. The number of para-hydroxylation sites is 1. The van der Waals surface area contributed by atoms with Crippen LogP contribution in [0.4, 0.5) is 11.4 Å². The van der Waals surface area contributed by atoms with Crippen molar-refractivity contribution in [2.24, 2.45) is 0 Å². The normalized spacial score (nSPS) is 10.9. The Hall–Kier alpha value is -3.29. The molecule has 6 nitrogen and oxygen atoms in total. The van der Waals surface area contributed by atoms with E-state index >= 15 is 0 Å². The Balaban J connectivity index is 1.94. The zero-order chi connectivity index (χ0) is 22.4. The van der Waals surface area contributed by atoms with Gasteiger partial charge in [0.2, 0.25) is 0 Å². The van der Waals surface area contributed by atoms with E-state index < -0.39 is 15.9 Å². The molecule has 0 fully saturated rings. The van der Waals surface area contributed by atoms with Gasteiger partial charge in [0.05, 0.1) is 34.8 Å². The standard InChI is InChI=1S/C23H21ClN2O4S/c1-3-15-26(18-7-5-4-6-8-18)31(28,29)20-13-14-22(24)21(16-20)23(27)25-17-9-11-19(30-2)12-10-17/h3-14,16H,1,15H2,2H3,(H,25,27). The molecule has 160 valence electrons. The van der Waals surface area contributed by atoms with Crippen molar-refractivity contribution in [2.75, 3.05) is 23.3 Å². The van der Waals surface area contributed by atoms with E-state index in [4.69, 9.17) is 16.3 Å². The molecular formula is C23H21ClN2O4S. The third-order valence-corrected chi connectivity index (χ3v) is 6.58. The number of anilines is 2. The number of carbonyl (C=O) groups excluding carboxylic acids is 1. The summed E-state index contributed by atoms with van der Waals surface area (Å²) in [6.45, 7) is 3.72. The van der Waals surface area contributed by atoms with Gasteiger partial charge in [-0.15, -0.1) is 6.58 Å². The molecule has 3 aromatic rings. The number of carbonyl (C=O) groups is 1. The molecule has 0 aliphatic heterocycles. The van der Waals surface area contributed by atoms with Crippen molar-refractivity contribution in [3.05, 3.63) is 96.0 Å². The minimum Gasteiger partial charge on any atom is -0.497 e. The van der Waals surface area contributed by atoms with Gasteiger partial charge in [0.25, 0.3) is 15.9 Å². The van der Waals surface area contributed by atoms with Gasteiger partial charge in [0.15, 0.2) is 0 Å². The summed E-state index contributed by atoms with van der Waals surface area (Å²) in [5.41, 5.74) is 1.06. The molecule has 3 rings (SSSR count). The van der Waals surface area contributed by atoms with E-state index in [9.17, 15) is 13.2 Å². The van der Waals surface area contributed by atoms with E-state index in [-0.39, 0.29) is 22.0 Å². The number of nitrogens with one attached hydrogen (secondary N) is 1. The number of methoxy groups -OCH3 is 1. The fraction of sp³-hybridized carbons (Fsp3) is 0.0870. The highest BCUT2D eigenvalue weighted by atomic mass is 35.5. The fourth-order valence-corrected chi connectivity index (χ4v) is 4.56. The highest BCUT2D eigenvalue weighted by molar-refractivity contribution is 7.92. The van der Waals surface area contributed by atoms with Crippen LogP contribution in [-0.2, 0) is 10.0 Å². The number of nitrogens with zero attached hydrogens (tertiary/aromatic N) is 1. The summed E-state index contributed by atoms with van der Waals surface area (Å²) in [4.78, 5) is 12.7. The summed E-state index contributed by atoms with van der Waals surface area (Å²) in [6.07, 6.45) is 1.50. The molecule has 0 saturated carbocycles. The molecule has 1 N–H and O–H groups in total. The van der Waals surface area contributed by atoms with Gasteiger partial charge in [-0.2, -0.15) is 0 Å². The second kappa shape index (κ2) is 9.68. The maximum atomic E-state index is 13.3. The summed E-state index contributed by atoms with van der Waals surface area (Å²) in [6, 6.07) is 19.5. The van der Waals surface area contributed by atoms with Crippen molar-refractivity contribution >= 4 is 38.9 Å². The Morgan fingerprint density at radius 2 is 1.77 bits per heavy atom. The summed E-state index contributed by atoms with van der Waals surface area (Å²) in [5, 5.41) is 2.85. The van der Waals surface area contributed by atoms with Crippen LogP contribution in [0.15, 0.2) is 90.3 Å². The second-order valence-electron chi connectivity index (χ2n) is 6.48. The number of ether oxygens (including phenoxy) is 1. The van der Waals surface area contributed by atoms with E-state index in [2.05, 4.69) is 11.9 Å². The van der Waals surface area contributed by atoms with E-state index in [1.54, 1.807) is 61.7 Å². The predicted molar refractivity (Wildman–Crippen MR) is 124 cm³/mol. The summed E-state index contributed by atoms with van der Waals surface area (Å²) in [7, 11) is -2.42. The monoisotopic (exact) mass is 456 g/mol. The molecule has 0 unspecified atom stereocenters. The van der Waals surface area contributed by atoms with E-state index in [0.29, 0.717) is 17.1 Å². The molecule has 0 spiro atoms. The number of benzene rings is 3. The molecule has 0 aliphatic rings. The van der Waals surface area contributed by atoms with Crippen LogP contribution in [0.2, 0.25) is 5.02 Å². The van der Waals surface area contributed by atoms with Crippen LogP contribution in [0.25, 0.3) is 0 Å². The van der Waals surface area contributed by atoms with Gasteiger partial charge in [-0.05, 0) is 54.6 Å². The van der Waals surface area contributed by atoms with Crippen LogP contribution in [0.1, 0.15) is 10.4 Å². The van der Waals surface area contributed by atoms with Gasteiger partial charge in [0, 0.05) is 5.69 Å². The molecule has 0 atom stereocenters. The number of hydrogen-bond acceptors (Lipinski definition) is 4. The summed E-state index contributed by atoms with van der Waals surface area (Å²) >= 11 is 6.21. The lowest BCUT2D eigenvalue weighted by molar-refractivity contribution is 0.102. The van der Waals surface area contributed by atoms with Gasteiger partial charge < -0.3 is 10.1 Å². The second-order valence-corrected chi connectivity index (χ2v) is 8.75. The molecular weight excluding hydrogens is 436 g/mol. The van der Waals surface area contributed by atoms with Crippen molar-refractivity contribution in [1.82, 2.24) is 0 Å². The Morgan fingerprint density at radius 1 is 1.10 bits per heavy atom. The average Bonchev–Trinajstić information content (AvgIpc) is 2.78. The first-order valence-corrected chi connectivity index (χ1v) is 11.1. The molecule has 31 heavy (non-hydrogen) atoms. The molecule has 3 aromatic carbocycles. The van der Waals surface area contributed by atoms with E-state index in [1.807, 2.05) is 0 Å². The minimum atomic E-state index is -3.96. The van der Waals surface area contributed by atoms with Gasteiger partial charge in [0.1, 0.15) is 5.75 Å². The lowest BCUT2D eigenvalue weighted by atomic mass is 10.2. The fourth-order valence-electron chi connectivity index (χ4n) is 2.89. The highest BCUT2D eigenvalue weighted by Gasteiger charge is 2.26. The van der Waals surface area contributed by atoms with Crippen molar-refractivity contribution in [1.29, 1.82) is 0 Å². The molecule has 0 saturated heterocycles. The van der Waals surface area contributed by atoms with Crippen LogP contribution in [0.5, 0.6) is 5.75 Å². The number of rotatable bonds is 8. The molecule has 0 aromatic heterocycles. The zero-order valence-electron chi connectivity index (χ0n) is 16.8. The number of hydrogen-bond donors (Lipinski definition) is 1. The third-order valence-electron chi connectivity index (χ3n) is 4.46. The SMILES string of the molecule is C=CCN(c1ccccc1)S(=O)(=O)c1ccc(Cl)c(C(=O)Nc2ccc(OC)cc2)c1. The van der Waals surface area contributed by atoms with E-state index in [0.717, 1.165) is 0 Å². The lowest BCUT2D eigenvalue weighted by Crippen LogP contribution is -2.31. The molecule has 0 radical (unpaired) electrons. The first kappa shape index (κ1) is 22.4. The quantitative estimate of drug-likeness (QED) is 0.485. The molecule has 0 aliphatic carbocycles. The minimum absolute atomic E-state index is 0.0465. The molecule has 0 bridgehead atoms. The van der Waals surface area contributed by atoms with Crippen molar-refractivity contribution < 1.29 is 17.9 Å². The number of amides is 1. The largest absolute Gasteiger partial charge is 0.497 e. The Morgan fingerprint density at radius 3 is 2.39 bits per heavy atom. The first-order chi connectivity index (χ1) is 14.9. The summed E-state index contributed by atoms with van der Waals surface area (Å²) in [5.74, 6) is 0.120. The topological polar surface area (TPSA) is 75.7 Å². The predicted octanol–water partition coefficient (Wildman–Crippen LogP) is 4.98. The van der Waals surface area contributed by atoms with Crippen LogP contribution in [-0.4, -0.2) is 28.0 Å². The maximum Gasteiger partial charge on any atom is 0.264 e. The average molecular weight is 457 g/mol. The first-order valence-electron chi connectivity index (χ1n) is 9.30. The number of halogens is 1. The third kappa shape index (κ3) is 5.07. The van der Waals surface area contributed by atoms with Crippen LogP contribution >= 0.6 is 11.6 Å². The van der Waals surface area contributed by atoms with Crippen LogP contribution in [0, 0.1) is 0 Å². The van der Waals surface area contributed by atoms with Gasteiger partial charge >= 0.3 is 0 Å². The van der Waals surface area contributed by atoms with Crippen LogP contribution < -0.4 is 14.4 Å². The van der Waals surface area contributed by atoms with Crippen molar-refractivity contribution in [3.8, 4) is 5.75 Å². The molecule has 0 heterocycles. The van der Waals surface area contributed by atoms with Gasteiger partial charge in [-0.1, -0.05) is 35.9 Å². The Bertz CT molecular complexity index is 1180. The highest BCUT2D eigenvalue weighted by Crippen LogP contribution is 2.27. The van der Waals surface area contributed by atoms with Gasteiger partial charge in [-0.25, -0.2) is 8.42 Å². The number of sulfonamides is 1. The zero-order valence-corrected chi connectivity index (χ0v) is 18.4. The smallest absolute Gasteiger partial charge is 0.264 e. The molecule has 1 amide bonds. The Kier molecular flexibility index (Phi) is 6.99. The van der Waals surface area contributed by atoms with Crippen molar-refractivity contribution in [3.63, 3.8) is 0 Å². The maximum absolute atomic E-state index is 13.3.